The quantitative estimate of drug-likeness (QED) is 0.789. The fourth-order valence-corrected chi connectivity index (χ4v) is 2.05. The van der Waals surface area contributed by atoms with E-state index in [-0.39, 0.29) is 5.41 Å². The molecular weight excluding hydrogens is 246 g/mol. The Morgan fingerprint density at radius 3 is 2.72 bits per heavy atom. The molecule has 0 saturated carbocycles. The van der Waals surface area contributed by atoms with Crippen molar-refractivity contribution in [2.75, 3.05) is 0 Å². The zero-order valence-electron chi connectivity index (χ0n) is 11.4. The molecule has 98 valence electrons. The molecule has 0 N–H and O–H groups in total. The highest BCUT2D eigenvalue weighted by atomic mass is 35.5. The van der Waals surface area contributed by atoms with Crippen molar-refractivity contribution in [2.24, 2.45) is 11.3 Å². The van der Waals surface area contributed by atoms with Crippen LogP contribution in [0.3, 0.4) is 0 Å². The van der Waals surface area contributed by atoms with E-state index in [9.17, 15) is 0 Å². The minimum atomic E-state index is 0.259. The zero-order valence-corrected chi connectivity index (χ0v) is 12.2. The highest BCUT2D eigenvalue weighted by Crippen LogP contribution is 2.28. The molecule has 0 aromatic carbocycles. The van der Waals surface area contributed by atoms with Crippen LogP contribution in [-0.4, -0.2) is 14.5 Å². The van der Waals surface area contributed by atoms with Gasteiger partial charge in [-0.25, -0.2) is 9.97 Å². The van der Waals surface area contributed by atoms with Gasteiger partial charge < -0.3 is 4.57 Å². The Kier molecular flexibility index (Phi) is 3.62. The van der Waals surface area contributed by atoms with Gasteiger partial charge in [-0.1, -0.05) is 27.7 Å². The van der Waals surface area contributed by atoms with E-state index < -0.39 is 0 Å². The smallest absolute Gasteiger partial charge is 0.160 e. The summed E-state index contributed by atoms with van der Waals surface area (Å²) in [4.78, 5) is 8.96. The molecule has 0 bridgehead atoms. The van der Waals surface area contributed by atoms with Crippen LogP contribution >= 0.6 is 11.6 Å². The van der Waals surface area contributed by atoms with Crippen molar-refractivity contribution in [1.29, 1.82) is 0 Å². The molecule has 2 rings (SSSR count). The second-order valence-electron chi connectivity index (χ2n) is 5.89. The first-order valence-corrected chi connectivity index (χ1v) is 6.83. The molecule has 1 atom stereocenters. The third-order valence-electron chi connectivity index (χ3n) is 3.64. The molecule has 1 unspecified atom stereocenters. The van der Waals surface area contributed by atoms with Gasteiger partial charge in [0.25, 0.3) is 0 Å². The van der Waals surface area contributed by atoms with E-state index in [0.717, 1.165) is 23.5 Å². The van der Waals surface area contributed by atoms with Crippen molar-refractivity contribution in [3.8, 4) is 0 Å². The van der Waals surface area contributed by atoms with Crippen molar-refractivity contribution in [3.63, 3.8) is 0 Å². The van der Waals surface area contributed by atoms with Crippen LogP contribution in [0.25, 0.3) is 11.2 Å². The highest BCUT2D eigenvalue weighted by Gasteiger charge is 2.22. The summed E-state index contributed by atoms with van der Waals surface area (Å²) in [5.74, 6) is 1.85. The lowest BCUT2D eigenvalue weighted by molar-refractivity contribution is 0.233. The minimum Gasteiger partial charge on any atom is -0.311 e. The second kappa shape index (κ2) is 4.88. The largest absolute Gasteiger partial charge is 0.311 e. The van der Waals surface area contributed by atoms with Gasteiger partial charge in [0.05, 0.1) is 5.88 Å². The number of hydrogen-bond acceptors (Lipinski definition) is 2. The third-order valence-corrected chi connectivity index (χ3v) is 3.88. The number of rotatable bonds is 3. The average molecular weight is 266 g/mol. The Bertz CT molecular complexity index is 539. The van der Waals surface area contributed by atoms with E-state index in [1.165, 1.54) is 0 Å². The van der Waals surface area contributed by atoms with Crippen LogP contribution in [-0.2, 0) is 12.4 Å². The van der Waals surface area contributed by atoms with E-state index >= 15 is 0 Å². The molecule has 2 aromatic rings. The predicted octanol–water partition coefficient (Wildman–Crippen LogP) is 3.85. The van der Waals surface area contributed by atoms with E-state index in [2.05, 4.69) is 42.2 Å². The van der Waals surface area contributed by atoms with Gasteiger partial charge in [0.2, 0.25) is 0 Å². The van der Waals surface area contributed by atoms with E-state index in [1.54, 1.807) is 6.20 Å². The number of imidazole rings is 1. The number of pyridine rings is 1. The zero-order chi connectivity index (χ0) is 13.3. The third kappa shape index (κ3) is 2.51. The van der Waals surface area contributed by atoms with Crippen LogP contribution in [0, 0.1) is 11.3 Å². The Morgan fingerprint density at radius 2 is 2.11 bits per heavy atom. The topological polar surface area (TPSA) is 30.7 Å². The molecule has 0 saturated heterocycles. The van der Waals surface area contributed by atoms with Gasteiger partial charge in [-0.05, 0) is 23.5 Å². The molecule has 0 fully saturated rings. The highest BCUT2D eigenvalue weighted by molar-refractivity contribution is 6.16. The lowest BCUT2D eigenvalue weighted by Gasteiger charge is -2.28. The Balaban J connectivity index is 2.43. The lowest BCUT2D eigenvalue weighted by atomic mass is 9.82. The summed E-state index contributed by atoms with van der Waals surface area (Å²) in [5.41, 5.74) is 2.12. The Labute approximate surface area is 113 Å². The average Bonchev–Trinajstić information content (AvgIpc) is 2.66. The van der Waals surface area contributed by atoms with Crippen LogP contribution in [0.5, 0.6) is 0 Å². The maximum Gasteiger partial charge on any atom is 0.160 e. The van der Waals surface area contributed by atoms with Gasteiger partial charge in [0, 0.05) is 12.7 Å². The van der Waals surface area contributed by atoms with Crippen molar-refractivity contribution in [1.82, 2.24) is 14.5 Å². The van der Waals surface area contributed by atoms with Gasteiger partial charge in [0.15, 0.2) is 5.65 Å². The van der Waals surface area contributed by atoms with Crippen molar-refractivity contribution < 1.29 is 0 Å². The first kappa shape index (κ1) is 13.3. The van der Waals surface area contributed by atoms with Crippen LogP contribution < -0.4 is 0 Å². The van der Waals surface area contributed by atoms with Gasteiger partial charge in [0.1, 0.15) is 11.3 Å². The summed E-state index contributed by atoms with van der Waals surface area (Å²) >= 11 is 5.99. The number of hydrogen-bond donors (Lipinski definition) is 0. The number of fused-ring (bicyclic) bond motifs is 1. The first-order chi connectivity index (χ1) is 8.43. The normalized spacial score (nSPS) is 14.1. The predicted molar refractivity (Wildman–Crippen MR) is 75.7 cm³/mol. The van der Waals surface area contributed by atoms with Crippen LogP contribution in [0.2, 0.25) is 0 Å². The molecule has 3 nitrogen and oxygen atoms in total. The number of halogens is 1. The SMILES string of the molecule is CC(Cn1c(CCl)nc2cccnc21)C(C)(C)C. The molecule has 0 aliphatic rings. The first-order valence-electron chi connectivity index (χ1n) is 6.29. The van der Waals surface area contributed by atoms with E-state index in [4.69, 9.17) is 11.6 Å². The molecule has 0 aliphatic heterocycles. The fraction of sp³-hybridized carbons (Fsp3) is 0.571. The summed E-state index contributed by atoms with van der Waals surface area (Å²) in [6.45, 7) is 9.92. The summed E-state index contributed by atoms with van der Waals surface area (Å²) in [5, 5.41) is 0. The van der Waals surface area contributed by atoms with Gasteiger partial charge in [-0.2, -0.15) is 0 Å². The van der Waals surface area contributed by atoms with Crippen molar-refractivity contribution in [2.45, 2.75) is 40.1 Å². The van der Waals surface area contributed by atoms with Crippen LogP contribution in [0.15, 0.2) is 18.3 Å². The van der Waals surface area contributed by atoms with Crippen LogP contribution in [0.1, 0.15) is 33.5 Å². The molecule has 2 aromatic heterocycles. The molecule has 0 radical (unpaired) electrons. The fourth-order valence-electron chi connectivity index (χ4n) is 1.85. The molecule has 0 aliphatic carbocycles. The Hall–Kier alpha value is -1.09. The number of alkyl halides is 1. The van der Waals surface area contributed by atoms with Gasteiger partial charge in [-0.15, -0.1) is 11.6 Å². The van der Waals surface area contributed by atoms with Crippen LogP contribution in [0.4, 0.5) is 0 Å². The molecular formula is C14H20ClN3. The maximum atomic E-state index is 5.99. The molecule has 4 heteroatoms. The monoisotopic (exact) mass is 265 g/mol. The number of nitrogens with zero attached hydrogens (tertiary/aromatic N) is 3. The molecule has 2 heterocycles. The van der Waals surface area contributed by atoms with Gasteiger partial charge >= 0.3 is 0 Å². The Morgan fingerprint density at radius 1 is 1.39 bits per heavy atom. The van der Waals surface area contributed by atoms with E-state index in [0.29, 0.717) is 11.8 Å². The lowest BCUT2D eigenvalue weighted by Crippen LogP contribution is -2.23. The van der Waals surface area contributed by atoms with Crippen molar-refractivity contribution >= 4 is 22.8 Å². The summed E-state index contributed by atoms with van der Waals surface area (Å²) in [6.07, 6.45) is 1.81. The summed E-state index contributed by atoms with van der Waals surface area (Å²) in [7, 11) is 0. The minimum absolute atomic E-state index is 0.259. The van der Waals surface area contributed by atoms with Gasteiger partial charge in [-0.3, -0.25) is 0 Å². The summed E-state index contributed by atoms with van der Waals surface area (Å²) in [6, 6.07) is 3.89. The van der Waals surface area contributed by atoms with Crippen molar-refractivity contribution in [3.05, 3.63) is 24.2 Å². The standard InChI is InChI=1S/C14H20ClN3/c1-10(14(2,3)4)9-18-12(8-15)17-11-6-5-7-16-13(11)18/h5-7,10H,8-9H2,1-4H3. The maximum absolute atomic E-state index is 5.99. The summed E-state index contributed by atoms with van der Waals surface area (Å²) < 4.78 is 2.15. The molecule has 0 amide bonds. The molecule has 0 spiro atoms. The van der Waals surface area contributed by atoms with E-state index in [1.807, 2.05) is 12.1 Å². The second-order valence-corrected chi connectivity index (χ2v) is 6.15. The molecule has 18 heavy (non-hydrogen) atoms. The number of aromatic nitrogens is 3.